The molecule has 5 nitrogen and oxygen atoms in total. The Bertz CT molecular complexity index is 772. The van der Waals surface area contributed by atoms with Crippen LogP contribution in [0.3, 0.4) is 0 Å². The molecule has 4 rings (SSSR count). The third-order valence-corrected chi connectivity index (χ3v) is 7.25. The molecule has 2 aliphatic rings. The molecular weight excluding hydrogens is 330 g/mol. The molecule has 7 heteroatoms. The van der Waals surface area contributed by atoms with Crippen LogP contribution in [0.4, 0.5) is 5.13 Å². The second kappa shape index (κ2) is 5.21. The van der Waals surface area contributed by atoms with Crippen LogP contribution in [-0.4, -0.2) is 45.4 Å². The smallest absolute Gasteiger partial charge is 0.252 e. The van der Waals surface area contributed by atoms with E-state index in [1.807, 2.05) is 24.3 Å². The minimum Gasteiger partial charge on any atom is -0.315 e. The van der Waals surface area contributed by atoms with Gasteiger partial charge in [-0.15, -0.1) is 11.8 Å². The van der Waals surface area contributed by atoms with E-state index < -0.39 is 0 Å². The van der Waals surface area contributed by atoms with Crippen LogP contribution in [0.25, 0.3) is 10.2 Å². The molecule has 0 saturated carbocycles. The fraction of sp³-hybridized carbons (Fsp3) is 0.438. The van der Waals surface area contributed by atoms with Gasteiger partial charge in [-0.2, -0.15) is 0 Å². The van der Waals surface area contributed by atoms with Crippen LogP contribution in [0, 0.1) is 0 Å². The number of thiazole rings is 1. The molecule has 2 amide bonds. The highest BCUT2D eigenvalue weighted by atomic mass is 32.2. The fourth-order valence-corrected chi connectivity index (χ4v) is 5.68. The largest absolute Gasteiger partial charge is 0.315 e. The number of carbonyl (C=O) groups is 2. The van der Waals surface area contributed by atoms with Gasteiger partial charge in [-0.05, 0) is 25.5 Å². The van der Waals surface area contributed by atoms with E-state index in [2.05, 4.69) is 11.9 Å². The number of hydrogen-bond donors (Lipinski definition) is 0. The number of nitrogens with zero attached hydrogens (tertiary/aromatic N) is 3. The first-order valence-corrected chi connectivity index (χ1v) is 9.39. The normalized spacial score (nSPS) is 26.8. The number of para-hydroxylation sites is 1. The van der Waals surface area contributed by atoms with Gasteiger partial charge >= 0.3 is 0 Å². The van der Waals surface area contributed by atoms with Crippen molar-refractivity contribution >= 4 is 50.3 Å². The lowest BCUT2D eigenvalue weighted by molar-refractivity contribution is -0.136. The van der Waals surface area contributed by atoms with Gasteiger partial charge in [-0.1, -0.05) is 23.5 Å². The molecule has 2 unspecified atom stereocenters. The van der Waals surface area contributed by atoms with Gasteiger partial charge < -0.3 is 4.90 Å². The summed E-state index contributed by atoms with van der Waals surface area (Å²) in [6.45, 7) is 2.06. The number of fused-ring (bicyclic) bond motifs is 2. The number of anilines is 1. The van der Waals surface area contributed by atoms with Gasteiger partial charge in [-0.3, -0.25) is 14.5 Å². The Morgan fingerprint density at radius 1 is 1.43 bits per heavy atom. The van der Waals surface area contributed by atoms with E-state index in [0.717, 1.165) is 16.6 Å². The van der Waals surface area contributed by atoms with Crippen LogP contribution in [0.2, 0.25) is 0 Å². The Morgan fingerprint density at radius 2 is 2.22 bits per heavy atom. The van der Waals surface area contributed by atoms with Crippen molar-refractivity contribution in [2.75, 3.05) is 17.7 Å². The Balaban J connectivity index is 1.62. The molecule has 1 aromatic carbocycles. The summed E-state index contributed by atoms with van der Waals surface area (Å²) in [5.41, 5.74) is 0.898. The van der Waals surface area contributed by atoms with E-state index in [1.165, 1.54) is 11.3 Å². The average molecular weight is 347 g/mol. The first kappa shape index (κ1) is 15.0. The lowest BCUT2D eigenvalue weighted by Gasteiger charge is -2.31. The summed E-state index contributed by atoms with van der Waals surface area (Å²) in [5.74, 6) is 0.708. The summed E-state index contributed by atoms with van der Waals surface area (Å²) in [4.78, 5) is 32.9. The first-order valence-electron chi connectivity index (χ1n) is 7.59. The predicted octanol–water partition coefficient (Wildman–Crippen LogP) is 2.71. The number of rotatable bonds is 2. The van der Waals surface area contributed by atoms with Gasteiger partial charge in [0.15, 0.2) is 5.13 Å². The monoisotopic (exact) mass is 347 g/mol. The molecule has 2 fully saturated rings. The van der Waals surface area contributed by atoms with Crippen LogP contribution in [0.5, 0.6) is 0 Å². The van der Waals surface area contributed by atoms with Crippen LogP contribution in [0.15, 0.2) is 24.3 Å². The first-order chi connectivity index (χ1) is 11.0. The summed E-state index contributed by atoms with van der Waals surface area (Å²) in [6.07, 6.45) is 1.36. The summed E-state index contributed by atoms with van der Waals surface area (Å²) < 4.78 is 1.06. The van der Waals surface area contributed by atoms with Crippen molar-refractivity contribution < 1.29 is 9.59 Å². The topological polar surface area (TPSA) is 53.5 Å². The fourth-order valence-electron chi connectivity index (χ4n) is 3.32. The number of thioether (sulfide) groups is 1. The highest BCUT2D eigenvalue weighted by Gasteiger charge is 2.53. The number of aromatic nitrogens is 1. The molecule has 2 aromatic rings. The number of carbonyl (C=O) groups excluding carboxylic acids is 2. The van der Waals surface area contributed by atoms with Crippen LogP contribution in [-0.2, 0) is 9.59 Å². The molecule has 2 aliphatic heterocycles. The molecule has 120 valence electrons. The zero-order valence-corrected chi connectivity index (χ0v) is 14.6. The highest BCUT2D eigenvalue weighted by molar-refractivity contribution is 8.01. The Kier molecular flexibility index (Phi) is 3.39. The molecule has 1 aromatic heterocycles. The number of likely N-dealkylation sites (N-methyl/N-ethyl adjacent to an activating group) is 1. The van der Waals surface area contributed by atoms with Gasteiger partial charge in [0, 0.05) is 19.2 Å². The summed E-state index contributed by atoms with van der Waals surface area (Å²) >= 11 is 3.22. The van der Waals surface area contributed by atoms with Crippen molar-refractivity contribution in [3.8, 4) is 0 Å². The van der Waals surface area contributed by atoms with Crippen LogP contribution >= 0.6 is 23.1 Å². The molecule has 23 heavy (non-hydrogen) atoms. The van der Waals surface area contributed by atoms with Crippen LogP contribution in [0.1, 0.15) is 19.8 Å². The van der Waals surface area contributed by atoms with Crippen molar-refractivity contribution in [3.63, 3.8) is 0 Å². The Morgan fingerprint density at radius 3 is 3.00 bits per heavy atom. The predicted molar refractivity (Wildman–Crippen MR) is 93.8 cm³/mol. The van der Waals surface area contributed by atoms with Crippen molar-refractivity contribution in [2.24, 2.45) is 0 Å². The standard InChI is InChI=1S/C16H17N3O2S2/c1-16-8-7-13(20)19(16)11(9-22-16)14(21)18(2)15-17-10-5-3-4-6-12(10)23-15/h3-6,11H,7-9H2,1-2H3. The zero-order chi connectivity index (χ0) is 16.2. The molecule has 3 heterocycles. The lowest BCUT2D eigenvalue weighted by atomic mass is 10.2. The van der Waals surface area contributed by atoms with Crippen molar-refractivity contribution in [2.45, 2.75) is 30.7 Å². The van der Waals surface area contributed by atoms with E-state index in [9.17, 15) is 9.59 Å². The van der Waals surface area contributed by atoms with E-state index in [4.69, 9.17) is 0 Å². The summed E-state index contributed by atoms with van der Waals surface area (Å²) in [7, 11) is 1.75. The number of benzene rings is 1. The lowest BCUT2D eigenvalue weighted by Crippen LogP contribution is -2.50. The SMILES string of the molecule is CN(C(=O)C1CSC2(C)CCC(=O)N12)c1nc2ccccc2s1. The van der Waals surface area contributed by atoms with Gasteiger partial charge in [0.1, 0.15) is 6.04 Å². The molecule has 0 bridgehead atoms. The summed E-state index contributed by atoms with van der Waals surface area (Å²) in [5, 5.41) is 0.682. The van der Waals surface area contributed by atoms with E-state index in [-0.39, 0.29) is 22.7 Å². The summed E-state index contributed by atoms with van der Waals surface area (Å²) in [6, 6.07) is 7.47. The maximum Gasteiger partial charge on any atom is 0.252 e. The minimum atomic E-state index is -0.378. The van der Waals surface area contributed by atoms with Crippen molar-refractivity contribution in [1.29, 1.82) is 0 Å². The molecule has 2 atom stereocenters. The third kappa shape index (κ3) is 2.25. The zero-order valence-electron chi connectivity index (χ0n) is 13.0. The molecule has 0 radical (unpaired) electrons. The second-order valence-electron chi connectivity index (χ2n) is 6.13. The molecular formula is C16H17N3O2S2. The van der Waals surface area contributed by atoms with E-state index in [0.29, 0.717) is 17.3 Å². The Labute approximate surface area is 142 Å². The molecule has 0 aliphatic carbocycles. The van der Waals surface area contributed by atoms with Gasteiger partial charge in [0.2, 0.25) is 5.91 Å². The quantitative estimate of drug-likeness (QED) is 0.838. The van der Waals surface area contributed by atoms with Gasteiger partial charge in [0.05, 0.1) is 15.1 Å². The van der Waals surface area contributed by atoms with E-state index >= 15 is 0 Å². The minimum absolute atomic E-state index is 0.0458. The van der Waals surface area contributed by atoms with Crippen molar-refractivity contribution in [1.82, 2.24) is 9.88 Å². The maximum atomic E-state index is 12.9. The molecule has 0 N–H and O–H groups in total. The molecule has 0 spiro atoms. The Hall–Kier alpha value is -1.60. The number of amides is 2. The third-order valence-electron chi connectivity index (χ3n) is 4.63. The second-order valence-corrected chi connectivity index (χ2v) is 8.64. The molecule has 2 saturated heterocycles. The van der Waals surface area contributed by atoms with Crippen molar-refractivity contribution in [3.05, 3.63) is 24.3 Å². The van der Waals surface area contributed by atoms with Gasteiger partial charge in [0.25, 0.3) is 5.91 Å². The number of hydrogen-bond acceptors (Lipinski definition) is 5. The van der Waals surface area contributed by atoms with Gasteiger partial charge in [-0.25, -0.2) is 4.98 Å². The highest BCUT2D eigenvalue weighted by Crippen LogP contribution is 2.47. The van der Waals surface area contributed by atoms with Crippen LogP contribution < -0.4 is 4.90 Å². The maximum absolute atomic E-state index is 12.9. The van der Waals surface area contributed by atoms with E-state index in [1.54, 1.807) is 28.6 Å². The average Bonchev–Trinajstić information content (AvgIpc) is 3.19.